The highest BCUT2D eigenvalue weighted by atomic mass is 16.5. The second-order valence-corrected chi connectivity index (χ2v) is 9.46. The Kier molecular flexibility index (Phi) is 6.83. The number of hydrogen-bond acceptors (Lipinski definition) is 4. The Labute approximate surface area is 186 Å². The third-order valence-electron chi connectivity index (χ3n) is 5.86. The summed E-state index contributed by atoms with van der Waals surface area (Å²) in [5.41, 5.74) is 3.03. The number of carbonyl (C=O) groups is 1. The predicted molar refractivity (Wildman–Crippen MR) is 123 cm³/mol. The van der Waals surface area contributed by atoms with Crippen LogP contribution in [-0.4, -0.2) is 38.2 Å². The standard InChI is InChI=1S/C26H35NO4/c1-17(2)18-8-10-20(11-9-18)31-16-22-21-15-24(30-7)23(29-6)14-19(21)12-13-27(22)25(28)26(3,4)5/h8-11,14-15,17,22H,12-13,16H2,1-7H3/t22-/m0/s1. The van der Waals surface area contributed by atoms with Crippen LogP contribution < -0.4 is 14.2 Å². The molecule has 3 rings (SSSR count). The third kappa shape index (κ3) is 4.97. The van der Waals surface area contributed by atoms with Gasteiger partial charge in [0.25, 0.3) is 0 Å². The molecule has 0 unspecified atom stereocenters. The van der Waals surface area contributed by atoms with E-state index in [0.717, 1.165) is 17.7 Å². The highest BCUT2D eigenvalue weighted by Crippen LogP contribution is 2.39. The fourth-order valence-electron chi connectivity index (χ4n) is 4.01. The molecule has 5 nitrogen and oxygen atoms in total. The lowest BCUT2D eigenvalue weighted by molar-refractivity contribution is -0.143. The molecular weight excluding hydrogens is 390 g/mol. The van der Waals surface area contributed by atoms with Crippen molar-refractivity contribution in [3.8, 4) is 17.2 Å². The van der Waals surface area contributed by atoms with Gasteiger partial charge in [-0.15, -0.1) is 0 Å². The number of fused-ring (bicyclic) bond motifs is 1. The zero-order valence-corrected chi connectivity index (χ0v) is 19.8. The van der Waals surface area contributed by atoms with Gasteiger partial charge in [0, 0.05) is 12.0 Å². The van der Waals surface area contributed by atoms with Crippen LogP contribution in [0.2, 0.25) is 0 Å². The van der Waals surface area contributed by atoms with Gasteiger partial charge in [0.2, 0.25) is 5.91 Å². The Bertz CT molecular complexity index is 912. The van der Waals surface area contributed by atoms with Crippen molar-refractivity contribution in [2.24, 2.45) is 5.41 Å². The molecular formula is C26H35NO4. The van der Waals surface area contributed by atoms with E-state index in [-0.39, 0.29) is 11.9 Å². The predicted octanol–water partition coefficient (Wildman–Crippen LogP) is 5.38. The van der Waals surface area contributed by atoms with E-state index in [1.54, 1.807) is 14.2 Å². The molecule has 0 aliphatic carbocycles. The average Bonchev–Trinajstić information content (AvgIpc) is 2.75. The average molecular weight is 426 g/mol. The van der Waals surface area contributed by atoms with Gasteiger partial charge >= 0.3 is 0 Å². The topological polar surface area (TPSA) is 48.0 Å². The second-order valence-electron chi connectivity index (χ2n) is 9.46. The molecule has 1 heterocycles. The summed E-state index contributed by atoms with van der Waals surface area (Å²) in [7, 11) is 3.27. The number of amides is 1. The summed E-state index contributed by atoms with van der Waals surface area (Å²) in [6, 6.07) is 12.0. The number of nitrogens with zero attached hydrogens (tertiary/aromatic N) is 1. The van der Waals surface area contributed by atoms with Crippen molar-refractivity contribution in [3.63, 3.8) is 0 Å². The molecule has 1 atom stereocenters. The molecule has 0 fully saturated rings. The zero-order chi connectivity index (χ0) is 22.8. The Morgan fingerprint density at radius 1 is 1.06 bits per heavy atom. The molecule has 1 aliphatic rings. The SMILES string of the molecule is COc1cc2c(cc1OC)[C@H](COc1ccc(C(C)C)cc1)N(C(=O)C(C)(C)C)CC2. The van der Waals surface area contributed by atoms with Gasteiger partial charge in [0.15, 0.2) is 11.5 Å². The summed E-state index contributed by atoms with van der Waals surface area (Å²) in [5, 5.41) is 0. The minimum Gasteiger partial charge on any atom is -0.493 e. The van der Waals surface area contributed by atoms with E-state index in [1.165, 1.54) is 11.1 Å². The Morgan fingerprint density at radius 2 is 1.68 bits per heavy atom. The first-order valence-electron chi connectivity index (χ1n) is 10.9. The van der Waals surface area contributed by atoms with Crippen LogP contribution in [0, 0.1) is 5.41 Å². The largest absolute Gasteiger partial charge is 0.493 e. The summed E-state index contributed by atoms with van der Waals surface area (Å²) in [4.78, 5) is 15.2. The fraction of sp³-hybridized carbons (Fsp3) is 0.500. The molecule has 0 saturated carbocycles. The van der Waals surface area contributed by atoms with Crippen LogP contribution in [0.15, 0.2) is 36.4 Å². The minimum absolute atomic E-state index is 0.122. The summed E-state index contributed by atoms with van der Waals surface area (Å²) in [6.45, 7) is 11.3. The monoisotopic (exact) mass is 425 g/mol. The molecule has 1 aliphatic heterocycles. The summed E-state index contributed by atoms with van der Waals surface area (Å²) in [5.74, 6) is 2.77. The molecule has 0 spiro atoms. The first-order chi connectivity index (χ1) is 14.7. The van der Waals surface area contributed by atoms with Crippen molar-refractivity contribution < 1.29 is 19.0 Å². The van der Waals surface area contributed by atoms with Crippen molar-refractivity contribution in [2.75, 3.05) is 27.4 Å². The van der Waals surface area contributed by atoms with Gasteiger partial charge in [-0.05, 0) is 53.3 Å². The van der Waals surface area contributed by atoms with Gasteiger partial charge in [0.05, 0.1) is 20.3 Å². The van der Waals surface area contributed by atoms with Crippen LogP contribution in [0.25, 0.3) is 0 Å². The number of benzene rings is 2. The zero-order valence-electron chi connectivity index (χ0n) is 19.8. The van der Waals surface area contributed by atoms with Crippen LogP contribution in [0.3, 0.4) is 0 Å². The van der Waals surface area contributed by atoms with E-state index in [0.29, 0.717) is 30.6 Å². The summed E-state index contributed by atoms with van der Waals surface area (Å²) < 4.78 is 17.2. The molecule has 0 bridgehead atoms. The first kappa shape index (κ1) is 23.0. The highest BCUT2D eigenvalue weighted by molar-refractivity contribution is 5.82. The van der Waals surface area contributed by atoms with Crippen LogP contribution in [0.4, 0.5) is 0 Å². The molecule has 5 heteroatoms. The van der Waals surface area contributed by atoms with E-state index in [4.69, 9.17) is 14.2 Å². The number of carbonyl (C=O) groups excluding carboxylic acids is 1. The van der Waals surface area contributed by atoms with Crippen LogP contribution in [-0.2, 0) is 11.2 Å². The minimum atomic E-state index is -0.467. The van der Waals surface area contributed by atoms with E-state index in [9.17, 15) is 4.79 Å². The maximum atomic E-state index is 13.3. The van der Waals surface area contributed by atoms with Gasteiger partial charge in [-0.25, -0.2) is 0 Å². The van der Waals surface area contributed by atoms with E-state index < -0.39 is 5.41 Å². The third-order valence-corrected chi connectivity index (χ3v) is 5.86. The van der Waals surface area contributed by atoms with Gasteiger partial charge in [-0.2, -0.15) is 0 Å². The second kappa shape index (κ2) is 9.21. The molecule has 31 heavy (non-hydrogen) atoms. The lowest BCUT2D eigenvalue weighted by atomic mass is 9.88. The first-order valence-corrected chi connectivity index (χ1v) is 10.9. The molecule has 2 aromatic carbocycles. The van der Waals surface area contributed by atoms with Crippen molar-refractivity contribution in [3.05, 3.63) is 53.1 Å². The smallest absolute Gasteiger partial charge is 0.228 e. The molecule has 0 saturated heterocycles. The number of hydrogen-bond donors (Lipinski definition) is 0. The highest BCUT2D eigenvalue weighted by Gasteiger charge is 2.37. The Hall–Kier alpha value is -2.69. The Balaban J connectivity index is 1.94. The van der Waals surface area contributed by atoms with Gasteiger partial charge in [0.1, 0.15) is 12.4 Å². The van der Waals surface area contributed by atoms with E-state index >= 15 is 0 Å². The van der Waals surface area contributed by atoms with E-state index in [1.807, 2.05) is 49.9 Å². The summed E-state index contributed by atoms with van der Waals surface area (Å²) >= 11 is 0. The number of rotatable bonds is 6. The van der Waals surface area contributed by atoms with Crippen molar-refractivity contribution >= 4 is 5.91 Å². The van der Waals surface area contributed by atoms with Crippen LogP contribution in [0.1, 0.15) is 63.3 Å². The lowest BCUT2D eigenvalue weighted by Crippen LogP contribution is -2.47. The van der Waals surface area contributed by atoms with Crippen molar-refractivity contribution in [1.82, 2.24) is 4.90 Å². The quantitative estimate of drug-likeness (QED) is 0.624. The molecule has 0 radical (unpaired) electrons. The molecule has 168 valence electrons. The maximum Gasteiger partial charge on any atom is 0.228 e. The van der Waals surface area contributed by atoms with Crippen molar-refractivity contribution in [2.45, 2.75) is 53.0 Å². The van der Waals surface area contributed by atoms with Crippen molar-refractivity contribution in [1.29, 1.82) is 0 Å². The van der Waals surface area contributed by atoms with E-state index in [2.05, 4.69) is 26.0 Å². The molecule has 0 aromatic heterocycles. The number of ether oxygens (including phenoxy) is 3. The van der Waals surface area contributed by atoms with Gasteiger partial charge < -0.3 is 19.1 Å². The maximum absolute atomic E-state index is 13.3. The van der Waals surface area contributed by atoms with Gasteiger partial charge in [-0.3, -0.25) is 4.79 Å². The van der Waals surface area contributed by atoms with Crippen LogP contribution in [0.5, 0.6) is 17.2 Å². The number of methoxy groups -OCH3 is 2. The Morgan fingerprint density at radius 3 is 2.23 bits per heavy atom. The molecule has 0 N–H and O–H groups in total. The normalized spacial score (nSPS) is 16.1. The molecule has 2 aromatic rings. The lowest BCUT2D eigenvalue weighted by Gasteiger charge is -2.40. The fourth-order valence-corrected chi connectivity index (χ4v) is 4.01. The summed E-state index contributed by atoms with van der Waals surface area (Å²) in [6.07, 6.45) is 0.775. The van der Waals surface area contributed by atoms with Crippen LogP contribution >= 0.6 is 0 Å². The van der Waals surface area contributed by atoms with Gasteiger partial charge in [-0.1, -0.05) is 46.8 Å². The molecule has 1 amide bonds.